The third-order valence-corrected chi connectivity index (χ3v) is 6.69. The van der Waals surface area contributed by atoms with Gasteiger partial charge in [0, 0.05) is 37.1 Å². The Morgan fingerprint density at radius 1 is 1.06 bits per heavy atom. The predicted molar refractivity (Wildman–Crippen MR) is 131 cm³/mol. The van der Waals surface area contributed by atoms with E-state index in [1.807, 2.05) is 18.2 Å². The first-order chi connectivity index (χ1) is 17.5. The van der Waals surface area contributed by atoms with Crippen LogP contribution in [0.2, 0.25) is 0 Å². The van der Waals surface area contributed by atoms with E-state index in [4.69, 9.17) is 18.6 Å². The van der Waals surface area contributed by atoms with Crippen LogP contribution < -0.4 is 9.47 Å². The number of methoxy groups -OCH3 is 2. The van der Waals surface area contributed by atoms with Crippen LogP contribution in [0.25, 0.3) is 11.0 Å². The molecule has 36 heavy (non-hydrogen) atoms. The minimum atomic E-state index is -0.885. The maximum absolute atomic E-state index is 13.8. The number of para-hydroxylation sites is 2. The van der Waals surface area contributed by atoms with Crippen LogP contribution in [0.1, 0.15) is 22.2 Å². The van der Waals surface area contributed by atoms with E-state index in [0.29, 0.717) is 48.9 Å². The number of rotatable bonds is 8. The van der Waals surface area contributed by atoms with Gasteiger partial charge in [0.25, 0.3) is 5.91 Å². The number of nitrogens with zero attached hydrogens (tertiary/aromatic N) is 2. The number of benzene rings is 2. The number of carbonyl (C=O) groups excluding carboxylic acids is 2. The number of morpholine rings is 1. The Labute approximate surface area is 208 Å². The van der Waals surface area contributed by atoms with E-state index in [9.17, 15) is 14.7 Å². The summed E-state index contributed by atoms with van der Waals surface area (Å²) in [5, 5.41) is 11.8. The fourth-order valence-electron chi connectivity index (χ4n) is 4.87. The van der Waals surface area contributed by atoms with E-state index in [1.54, 1.807) is 30.3 Å². The molecular formula is C27H28N2O7. The minimum absolute atomic E-state index is 0.0485. The summed E-state index contributed by atoms with van der Waals surface area (Å²) in [7, 11) is 3.02. The number of Topliss-reactive ketones (excluding diaryl/α,β-unsaturated/α-hetero) is 1. The minimum Gasteiger partial charge on any atom is -0.503 e. The van der Waals surface area contributed by atoms with Gasteiger partial charge in [-0.15, -0.1) is 0 Å². The van der Waals surface area contributed by atoms with Gasteiger partial charge in [-0.2, -0.15) is 0 Å². The van der Waals surface area contributed by atoms with Crippen molar-refractivity contribution in [3.8, 4) is 11.5 Å². The maximum Gasteiger partial charge on any atom is 0.290 e. The van der Waals surface area contributed by atoms with Crippen molar-refractivity contribution in [1.82, 2.24) is 9.80 Å². The first-order valence-electron chi connectivity index (χ1n) is 11.8. The molecule has 0 unspecified atom stereocenters. The zero-order valence-electron chi connectivity index (χ0n) is 20.2. The third kappa shape index (κ3) is 4.20. The Morgan fingerprint density at radius 2 is 1.83 bits per heavy atom. The Hall–Kier alpha value is -3.82. The number of ether oxygens (including phenoxy) is 3. The molecule has 1 fully saturated rings. The second-order valence-electron chi connectivity index (χ2n) is 8.68. The van der Waals surface area contributed by atoms with Crippen LogP contribution in [0.3, 0.4) is 0 Å². The Bertz CT molecular complexity index is 1290. The fourth-order valence-corrected chi connectivity index (χ4v) is 4.87. The summed E-state index contributed by atoms with van der Waals surface area (Å²) < 4.78 is 22.3. The van der Waals surface area contributed by atoms with Gasteiger partial charge in [-0.3, -0.25) is 14.5 Å². The molecule has 2 aliphatic rings. The predicted octanol–water partition coefficient (Wildman–Crippen LogP) is 3.36. The highest BCUT2D eigenvalue weighted by Crippen LogP contribution is 2.45. The zero-order valence-corrected chi connectivity index (χ0v) is 20.2. The molecule has 188 valence electrons. The second-order valence-corrected chi connectivity index (χ2v) is 8.68. The van der Waals surface area contributed by atoms with E-state index < -0.39 is 23.5 Å². The molecule has 0 saturated carbocycles. The molecule has 0 radical (unpaired) electrons. The van der Waals surface area contributed by atoms with E-state index in [-0.39, 0.29) is 11.3 Å². The number of aliphatic hydroxyl groups excluding tert-OH is 1. The van der Waals surface area contributed by atoms with Gasteiger partial charge < -0.3 is 28.6 Å². The molecule has 9 nitrogen and oxygen atoms in total. The van der Waals surface area contributed by atoms with Gasteiger partial charge in [-0.25, -0.2) is 0 Å². The molecule has 3 aromatic rings. The molecule has 1 atom stereocenters. The largest absolute Gasteiger partial charge is 0.503 e. The van der Waals surface area contributed by atoms with Gasteiger partial charge in [0.15, 0.2) is 23.0 Å². The molecule has 2 aliphatic heterocycles. The van der Waals surface area contributed by atoms with Crippen molar-refractivity contribution in [1.29, 1.82) is 0 Å². The third-order valence-electron chi connectivity index (χ3n) is 6.69. The highest BCUT2D eigenvalue weighted by Gasteiger charge is 2.46. The number of amides is 1. The molecule has 1 aromatic heterocycles. The molecule has 1 saturated heterocycles. The summed E-state index contributed by atoms with van der Waals surface area (Å²) in [6, 6.07) is 13.3. The van der Waals surface area contributed by atoms with Gasteiger partial charge in [0.05, 0.1) is 39.0 Å². The number of hydrogen-bond donors (Lipinski definition) is 1. The fraction of sp³-hybridized carbons (Fsp3) is 0.333. The first-order valence-corrected chi connectivity index (χ1v) is 11.8. The molecular weight excluding hydrogens is 464 g/mol. The number of hydrogen-bond acceptors (Lipinski definition) is 8. The number of carbonyl (C=O) groups is 2. The normalized spacial score (nSPS) is 18.8. The average molecular weight is 493 g/mol. The second kappa shape index (κ2) is 10.0. The summed E-state index contributed by atoms with van der Waals surface area (Å²) >= 11 is 0. The molecule has 9 heteroatoms. The lowest BCUT2D eigenvalue weighted by Crippen LogP contribution is -2.43. The van der Waals surface area contributed by atoms with E-state index >= 15 is 0 Å². The molecule has 0 aliphatic carbocycles. The van der Waals surface area contributed by atoms with Crippen LogP contribution in [-0.4, -0.2) is 80.2 Å². The smallest absolute Gasteiger partial charge is 0.290 e. The van der Waals surface area contributed by atoms with E-state index in [1.165, 1.54) is 19.1 Å². The van der Waals surface area contributed by atoms with Crippen molar-refractivity contribution in [3.05, 3.63) is 71.2 Å². The van der Waals surface area contributed by atoms with Crippen LogP contribution >= 0.6 is 0 Å². The van der Waals surface area contributed by atoms with Crippen molar-refractivity contribution in [2.45, 2.75) is 6.04 Å². The summed E-state index contributed by atoms with van der Waals surface area (Å²) in [6.07, 6.45) is 0. The Kier molecular flexibility index (Phi) is 6.67. The first kappa shape index (κ1) is 23.9. The summed E-state index contributed by atoms with van der Waals surface area (Å²) in [5.41, 5.74) is 1.04. The highest BCUT2D eigenvalue weighted by atomic mass is 16.5. The SMILES string of the molecule is COc1cccc([C@@H]2C(C(=O)c3cc4ccccc4o3)=C(O)C(=O)N2CCN2CCOCC2)c1OC. The molecule has 2 aromatic carbocycles. The summed E-state index contributed by atoms with van der Waals surface area (Å²) in [4.78, 5) is 30.8. The van der Waals surface area contributed by atoms with Gasteiger partial charge >= 0.3 is 0 Å². The average Bonchev–Trinajstić information content (AvgIpc) is 3.46. The van der Waals surface area contributed by atoms with Gasteiger partial charge in [0.1, 0.15) is 5.58 Å². The van der Waals surface area contributed by atoms with Crippen molar-refractivity contribution >= 4 is 22.7 Å². The standard InChI is InChI=1S/C27H28N2O7/c1-33-20-9-5-7-18(26(20)34-2)23-22(24(30)21-16-17-6-3-4-8-19(17)36-21)25(31)27(32)29(23)11-10-28-12-14-35-15-13-28/h3-9,16,23,31H,10-15H2,1-2H3/t23-/m1/s1. The molecule has 0 spiro atoms. The number of aliphatic hydroxyl groups is 1. The number of fused-ring (bicyclic) bond motifs is 1. The Morgan fingerprint density at radius 3 is 2.56 bits per heavy atom. The van der Waals surface area contributed by atoms with Crippen LogP contribution in [0.15, 0.2) is 64.3 Å². The van der Waals surface area contributed by atoms with E-state index in [0.717, 1.165) is 18.5 Å². The van der Waals surface area contributed by atoms with Crippen LogP contribution in [0.5, 0.6) is 11.5 Å². The van der Waals surface area contributed by atoms with Crippen molar-refractivity contribution in [2.75, 3.05) is 53.6 Å². The quantitative estimate of drug-likeness (QED) is 0.478. The lowest BCUT2D eigenvalue weighted by molar-refractivity contribution is -0.129. The van der Waals surface area contributed by atoms with Crippen molar-refractivity contribution in [3.63, 3.8) is 0 Å². The van der Waals surface area contributed by atoms with Crippen molar-refractivity contribution in [2.24, 2.45) is 0 Å². The zero-order chi connectivity index (χ0) is 25.2. The highest BCUT2D eigenvalue weighted by molar-refractivity contribution is 6.16. The molecule has 0 bridgehead atoms. The topological polar surface area (TPSA) is 102 Å². The van der Waals surface area contributed by atoms with Crippen LogP contribution in [0, 0.1) is 0 Å². The maximum atomic E-state index is 13.8. The number of furan rings is 1. The summed E-state index contributed by atoms with van der Waals surface area (Å²) in [6.45, 7) is 3.61. The van der Waals surface area contributed by atoms with Gasteiger partial charge in [0.2, 0.25) is 5.78 Å². The summed E-state index contributed by atoms with van der Waals surface area (Å²) in [5.74, 6) is -0.862. The van der Waals surface area contributed by atoms with Gasteiger partial charge in [-0.1, -0.05) is 30.3 Å². The Balaban J connectivity index is 1.57. The monoisotopic (exact) mass is 492 g/mol. The lowest BCUT2D eigenvalue weighted by atomic mass is 9.94. The molecule has 3 heterocycles. The van der Waals surface area contributed by atoms with Crippen LogP contribution in [-0.2, 0) is 9.53 Å². The van der Waals surface area contributed by atoms with Crippen molar-refractivity contribution < 1.29 is 33.3 Å². The lowest BCUT2D eigenvalue weighted by Gasteiger charge is -2.32. The molecule has 1 amide bonds. The van der Waals surface area contributed by atoms with Gasteiger partial charge in [-0.05, 0) is 18.2 Å². The number of ketones is 1. The van der Waals surface area contributed by atoms with Crippen LogP contribution in [0.4, 0.5) is 0 Å². The molecule has 1 N–H and O–H groups in total. The molecule has 5 rings (SSSR count). The van der Waals surface area contributed by atoms with E-state index in [2.05, 4.69) is 4.90 Å².